The number of rotatable bonds is 1. The maximum atomic E-state index is 9.06. The van der Waals surface area contributed by atoms with Crippen LogP contribution in [0.3, 0.4) is 0 Å². The number of halogens is 2. The normalized spacial score (nSPS) is 9.94. The van der Waals surface area contributed by atoms with Gasteiger partial charge in [0.05, 0.1) is 21.7 Å². The van der Waals surface area contributed by atoms with Gasteiger partial charge in [0, 0.05) is 16.8 Å². The highest BCUT2D eigenvalue weighted by atomic mass is 35.5. The van der Waals surface area contributed by atoms with E-state index >= 15 is 0 Å². The molecular weight excluding hydrogens is 255 g/mol. The Morgan fingerprint density at radius 1 is 1.06 bits per heavy atom. The highest BCUT2D eigenvalue weighted by Gasteiger charge is 2.12. The average molecular weight is 263 g/mol. The van der Waals surface area contributed by atoms with Crippen LogP contribution in [0.4, 0.5) is 5.69 Å². The topological polar surface area (TPSA) is 49.8 Å². The summed E-state index contributed by atoms with van der Waals surface area (Å²) in [6, 6.07) is 12.5. The van der Waals surface area contributed by atoms with Crippen molar-refractivity contribution in [3.8, 4) is 17.2 Å². The van der Waals surface area contributed by atoms with E-state index in [4.69, 9.17) is 34.2 Å². The molecule has 0 bridgehead atoms. The van der Waals surface area contributed by atoms with E-state index in [1.54, 1.807) is 24.3 Å². The van der Waals surface area contributed by atoms with Crippen molar-refractivity contribution in [2.45, 2.75) is 0 Å². The van der Waals surface area contributed by atoms with Gasteiger partial charge in [0.15, 0.2) is 0 Å². The van der Waals surface area contributed by atoms with Crippen molar-refractivity contribution < 1.29 is 0 Å². The molecule has 84 valence electrons. The average Bonchev–Trinajstić information content (AvgIpc) is 2.28. The lowest BCUT2D eigenvalue weighted by Crippen LogP contribution is -1.90. The molecule has 2 rings (SSSR count). The molecule has 0 unspecified atom stereocenters. The lowest BCUT2D eigenvalue weighted by atomic mass is 10.00. The fourth-order valence-electron chi connectivity index (χ4n) is 1.65. The van der Waals surface area contributed by atoms with E-state index in [0.29, 0.717) is 32.4 Å². The third-order valence-corrected chi connectivity index (χ3v) is 2.98. The molecule has 0 aliphatic carbocycles. The van der Waals surface area contributed by atoms with E-state index < -0.39 is 0 Å². The van der Waals surface area contributed by atoms with Gasteiger partial charge in [0.2, 0.25) is 0 Å². The number of nitriles is 1. The van der Waals surface area contributed by atoms with Gasteiger partial charge in [0.25, 0.3) is 0 Å². The van der Waals surface area contributed by atoms with Crippen LogP contribution in [0.5, 0.6) is 0 Å². The van der Waals surface area contributed by atoms with Gasteiger partial charge in [-0.3, -0.25) is 0 Å². The quantitative estimate of drug-likeness (QED) is 0.787. The van der Waals surface area contributed by atoms with E-state index in [9.17, 15) is 0 Å². The first-order valence-corrected chi connectivity index (χ1v) is 5.63. The van der Waals surface area contributed by atoms with Crippen molar-refractivity contribution in [2.24, 2.45) is 0 Å². The zero-order valence-electron chi connectivity index (χ0n) is 8.74. The molecule has 17 heavy (non-hydrogen) atoms. The fourth-order valence-corrected chi connectivity index (χ4v) is 2.36. The van der Waals surface area contributed by atoms with Crippen LogP contribution in [0, 0.1) is 11.3 Å². The Kier molecular flexibility index (Phi) is 3.23. The van der Waals surface area contributed by atoms with E-state index in [-0.39, 0.29) is 0 Å². The molecule has 4 heteroatoms. The summed E-state index contributed by atoms with van der Waals surface area (Å²) in [7, 11) is 0. The zero-order valence-corrected chi connectivity index (χ0v) is 10.3. The maximum Gasteiger partial charge on any atom is 0.0998 e. The molecule has 0 fully saturated rings. The largest absolute Gasteiger partial charge is 0.399 e. The van der Waals surface area contributed by atoms with Crippen molar-refractivity contribution in [1.82, 2.24) is 0 Å². The summed E-state index contributed by atoms with van der Waals surface area (Å²) in [5.74, 6) is 0. The van der Waals surface area contributed by atoms with E-state index in [1.165, 1.54) is 0 Å². The zero-order chi connectivity index (χ0) is 12.4. The Labute approximate surface area is 109 Å². The highest BCUT2D eigenvalue weighted by Crippen LogP contribution is 2.37. The summed E-state index contributed by atoms with van der Waals surface area (Å²) < 4.78 is 0. The van der Waals surface area contributed by atoms with Crippen LogP contribution in [-0.2, 0) is 0 Å². The van der Waals surface area contributed by atoms with Gasteiger partial charge >= 0.3 is 0 Å². The van der Waals surface area contributed by atoms with Crippen molar-refractivity contribution in [3.63, 3.8) is 0 Å². The smallest absolute Gasteiger partial charge is 0.0998 e. The van der Waals surface area contributed by atoms with Crippen LogP contribution in [0.15, 0.2) is 36.4 Å². The molecule has 0 amide bonds. The van der Waals surface area contributed by atoms with Gasteiger partial charge in [0.1, 0.15) is 0 Å². The fraction of sp³-hybridized carbons (Fsp3) is 0. The highest BCUT2D eigenvalue weighted by molar-refractivity contribution is 6.39. The first kappa shape index (κ1) is 11.8. The summed E-state index contributed by atoms with van der Waals surface area (Å²) in [6.07, 6.45) is 0. The molecule has 0 saturated heterocycles. The maximum absolute atomic E-state index is 9.06. The first-order chi connectivity index (χ1) is 8.13. The van der Waals surface area contributed by atoms with Gasteiger partial charge < -0.3 is 5.73 Å². The standard InChI is InChI=1S/C13H8Cl2N2/c14-11-5-9(17)6-12(15)13(11)10-4-2-1-3-8(10)7-16/h1-6H,17H2. The number of nitrogens with zero attached hydrogens (tertiary/aromatic N) is 1. The number of hydrogen-bond donors (Lipinski definition) is 1. The molecule has 0 saturated carbocycles. The van der Waals surface area contributed by atoms with Gasteiger partial charge in [-0.2, -0.15) is 5.26 Å². The Hall–Kier alpha value is -1.69. The molecule has 2 nitrogen and oxygen atoms in total. The van der Waals surface area contributed by atoms with Crippen LogP contribution in [-0.4, -0.2) is 0 Å². The van der Waals surface area contributed by atoms with Crippen LogP contribution in [0.1, 0.15) is 5.56 Å². The van der Waals surface area contributed by atoms with Crippen molar-refractivity contribution in [2.75, 3.05) is 5.73 Å². The Morgan fingerprint density at radius 3 is 2.24 bits per heavy atom. The third-order valence-electron chi connectivity index (χ3n) is 2.38. The Balaban J connectivity index is 2.74. The minimum Gasteiger partial charge on any atom is -0.399 e. The number of nitrogens with two attached hydrogens (primary N) is 1. The lowest BCUT2D eigenvalue weighted by Gasteiger charge is -2.09. The number of hydrogen-bond acceptors (Lipinski definition) is 2. The minimum absolute atomic E-state index is 0.442. The van der Waals surface area contributed by atoms with Gasteiger partial charge in [-0.05, 0) is 18.2 Å². The molecule has 2 aromatic carbocycles. The molecule has 0 heterocycles. The summed E-state index contributed by atoms with van der Waals surface area (Å²) in [5.41, 5.74) is 8.02. The summed E-state index contributed by atoms with van der Waals surface area (Å²) in [6.45, 7) is 0. The van der Waals surface area contributed by atoms with Gasteiger partial charge in [-0.1, -0.05) is 41.4 Å². The van der Waals surface area contributed by atoms with Gasteiger partial charge in [-0.15, -0.1) is 0 Å². The summed E-state index contributed by atoms with van der Waals surface area (Å²) in [4.78, 5) is 0. The van der Waals surface area contributed by atoms with Gasteiger partial charge in [-0.25, -0.2) is 0 Å². The predicted molar refractivity (Wildman–Crippen MR) is 71.0 cm³/mol. The monoisotopic (exact) mass is 262 g/mol. The predicted octanol–water partition coefficient (Wildman–Crippen LogP) is 4.11. The number of anilines is 1. The number of benzene rings is 2. The van der Waals surface area contributed by atoms with Crippen LogP contribution >= 0.6 is 23.2 Å². The molecule has 2 N–H and O–H groups in total. The second-order valence-electron chi connectivity index (χ2n) is 3.52. The van der Waals surface area contributed by atoms with Crippen molar-refractivity contribution >= 4 is 28.9 Å². The summed E-state index contributed by atoms with van der Waals surface area (Å²) in [5, 5.41) is 9.94. The second-order valence-corrected chi connectivity index (χ2v) is 4.33. The molecule has 0 aromatic heterocycles. The molecular formula is C13H8Cl2N2. The number of nitrogen functional groups attached to an aromatic ring is 1. The van der Waals surface area contributed by atoms with Crippen LogP contribution in [0.2, 0.25) is 10.0 Å². The lowest BCUT2D eigenvalue weighted by molar-refractivity contribution is 1.48. The molecule has 0 spiro atoms. The molecule has 0 atom stereocenters. The van der Waals surface area contributed by atoms with Crippen LogP contribution < -0.4 is 5.73 Å². The molecule has 2 aromatic rings. The second kappa shape index (κ2) is 4.67. The van der Waals surface area contributed by atoms with Crippen molar-refractivity contribution in [3.05, 3.63) is 52.0 Å². The third kappa shape index (κ3) is 2.21. The Bertz CT molecular complexity index is 592. The minimum atomic E-state index is 0.442. The van der Waals surface area contributed by atoms with Crippen LogP contribution in [0.25, 0.3) is 11.1 Å². The van der Waals surface area contributed by atoms with E-state index in [0.717, 1.165) is 0 Å². The van der Waals surface area contributed by atoms with Crippen molar-refractivity contribution in [1.29, 1.82) is 5.26 Å². The summed E-state index contributed by atoms with van der Waals surface area (Å²) >= 11 is 12.2. The van der Waals surface area contributed by atoms with E-state index in [2.05, 4.69) is 6.07 Å². The molecule has 0 aliphatic rings. The van der Waals surface area contributed by atoms with E-state index in [1.807, 2.05) is 12.1 Å². The molecule has 0 radical (unpaired) electrons. The molecule has 0 aliphatic heterocycles. The SMILES string of the molecule is N#Cc1ccccc1-c1c(Cl)cc(N)cc1Cl. The first-order valence-electron chi connectivity index (χ1n) is 4.87. The Morgan fingerprint density at radius 2 is 1.65 bits per heavy atom.